The first-order chi connectivity index (χ1) is 20.0. The second-order valence-electron chi connectivity index (χ2n) is 10.6. The zero-order valence-electron chi connectivity index (χ0n) is 22.4. The minimum absolute atomic E-state index is 0.00497. The van der Waals surface area contributed by atoms with Gasteiger partial charge < -0.3 is 15.0 Å². The summed E-state index contributed by atoms with van der Waals surface area (Å²) in [4.78, 5) is 32.2. The summed E-state index contributed by atoms with van der Waals surface area (Å²) in [5, 5.41) is 7.20. The molecule has 0 spiro atoms. The van der Waals surface area contributed by atoms with Crippen molar-refractivity contribution >= 4 is 34.1 Å². The van der Waals surface area contributed by atoms with Crippen LogP contribution in [0.1, 0.15) is 36.4 Å². The zero-order valence-corrected chi connectivity index (χ0v) is 22.4. The second-order valence-corrected chi connectivity index (χ2v) is 10.6. The Kier molecular flexibility index (Phi) is 6.06. The SMILES string of the molecule is C=CC(=O)N1C[C@@H]2C[C@H](c3ccc4ncnc(Nc5ccc(Oc6ccn7ncnc7c6)c(C)c5F)c4n3)C[C@H]1C2. The number of aromatic nitrogens is 6. The van der Waals surface area contributed by atoms with Gasteiger partial charge in [-0.15, -0.1) is 0 Å². The van der Waals surface area contributed by atoms with Crippen molar-refractivity contribution in [3.63, 3.8) is 0 Å². The van der Waals surface area contributed by atoms with Gasteiger partial charge in [-0.05, 0) is 68.5 Å². The number of nitrogens with zero attached hydrogens (tertiary/aromatic N) is 7. The van der Waals surface area contributed by atoms with Crippen molar-refractivity contribution in [1.29, 1.82) is 0 Å². The van der Waals surface area contributed by atoms with Gasteiger partial charge in [-0.1, -0.05) is 6.58 Å². The van der Waals surface area contributed by atoms with Crippen LogP contribution in [-0.2, 0) is 4.79 Å². The first-order valence-electron chi connectivity index (χ1n) is 13.5. The number of nitrogens with one attached hydrogen (secondary N) is 1. The molecule has 1 aliphatic carbocycles. The number of anilines is 2. The van der Waals surface area contributed by atoms with Gasteiger partial charge >= 0.3 is 0 Å². The van der Waals surface area contributed by atoms with Gasteiger partial charge in [0.2, 0.25) is 5.91 Å². The molecular weight excluding hydrogens is 523 g/mol. The quantitative estimate of drug-likeness (QED) is 0.283. The van der Waals surface area contributed by atoms with Crippen LogP contribution in [-0.4, -0.2) is 52.9 Å². The largest absolute Gasteiger partial charge is 0.457 e. The van der Waals surface area contributed by atoms with Gasteiger partial charge in [0.05, 0.1) is 11.2 Å². The molecule has 7 rings (SSSR count). The van der Waals surface area contributed by atoms with E-state index in [4.69, 9.17) is 9.72 Å². The molecule has 0 radical (unpaired) electrons. The van der Waals surface area contributed by atoms with Crippen LogP contribution >= 0.6 is 0 Å². The first kappa shape index (κ1) is 25.1. The van der Waals surface area contributed by atoms with Gasteiger partial charge in [0, 0.05) is 42.0 Å². The molecule has 4 aromatic heterocycles. The molecule has 41 heavy (non-hydrogen) atoms. The van der Waals surface area contributed by atoms with E-state index < -0.39 is 5.82 Å². The molecule has 2 bridgehead atoms. The molecule has 1 aromatic carbocycles. The van der Waals surface area contributed by atoms with Crippen LogP contribution in [0.2, 0.25) is 0 Å². The van der Waals surface area contributed by atoms with Crippen molar-refractivity contribution in [3.05, 3.63) is 85.0 Å². The number of halogens is 1. The molecule has 11 heteroatoms. The van der Waals surface area contributed by atoms with Gasteiger partial charge in [0.25, 0.3) is 0 Å². The van der Waals surface area contributed by atoms with E-state index in [0.717, 1.165) is 31.5 Å². The maximum Gasteiger partial charge on any atom is 0.246 e. The maximum absolute atomic E-state index is 15.6. The highest BCUT2D eigenvalue weighted by Crippen LogP contribution is 2.43. The summed E-state index contributed by atoms with van der Waals surface area (Å²) in [5.41, 5.74) is 3.40. The number of likely N-dealkylation sites (tertiary alicyclic amines) is 1. The Bertz CT molecular complexity index is 1820. The predicted molar refractivity (Wildman–Crippen MR) is 151 cm³/mol. The zero-order chi connectivity index (χ0) is 28.1. The summed E-state index contributed by atoms with van der Waals surface area (Å²) >= 11 is 0. The van der Waals surface area contributed by atoms with Crippen molar-refractivity contribution in [3.8, 4) is 11.5 Å². The fourth-order valence-electron chi connectivity index (χ4n) is 6.13. The Morgan fingerprint density at radius 3 is 2.90 bits per heavy atom. The molecule has 3 atom stereocenters. The van der Waals surface area contributed by atoms with Crippen molar-refractivity contribution in [2.45, 2.75) is 38.1 Å². The number of pyridine rings is 2. The number of ether oxygens (including phenoxy) is 1. The Balaban J connectivity index is 1.15. The highest BCUT2D eigenvalue weighted by molar-refractivity contribution is 5.88. The molecule has 10 nitrogen and oxygen atoms in total. The Morgan fingerprint density at radius 2 is 2.02 bits per heavy atom. The number of carbonyl (C=O) groups excluding carboxylic acids is 1. The van der Waals surface area contributed by atoms with Crippen molar-refractivity contribution in [2.75, 3.05) is 11.9 Å². The van der Waals surface area contributed by atoms with Crippen molar-refractivity contribution in [2.24, 2.45) is 5.92 Å². The molecule has 1 saturated heterocycles. The normalized spacial score (nSPS) is 20.0. The minimum Gasteiger partial charge on any atom is -0.457 e. The lowest BCUT2D eigenvalue weighted by Gasteiger charge is -2.29. The van der Waals surface area contributed by atoms with Crippen LogP contribution in [0.15, 0.2) is 67.9 Å². The summed E-state index contributed by atoms with van der Waals surface area (Å²) in [7, 11) is 0. The van der Waals surface area contributed by atoms with Crippen LogP contribution in [0.3, 0.4) is 0 Å². The molecule has 1 saturated carbocycles. The van der Waals surface area contributed by atoms with Gasteiger partial charge in [0.1, 0.15) is 29.7 Å². The number of benzene rings is 1. The third-order valence-electron chi connectivity index (χ3n) is 8.12. The van der Waals surface area contributed by atoms with Crippen molar-refractivity contribution < 1.29 is 13.9 Å². The number of rotatable bonds is 6. The van der Waals surface area contributed by atoms with E-state index in [0.29, 0.717) is 45.5 Å². The van der Waals surface area contributed by atoms with Crippen LogP contribution in [0.4, 0.5) is 15.9 Å². The molecule has 1 amide bonds. The van der Waals surface area contributed by atoms with E-state index in [1.54, 1.807) is 41.9 Å². The van der Waals surface area contributed by atoms with Crippen LogP contribution < -0.4 is 10.1 Å². The highest BCUT2D eigenvalue weighted by Gasteiger charge is 2.41. The summed E-state index contributed by atoms with van der Waals surface area (Å²) in [6.45, 7) is 6.09. The van der Waals surface area contributed by atoms with E-state index in [9.17, 15) is 4.79 Å². The fourth-order valence-corrected chi connectivity index (χ4v) is 6.13. The van der Waals surface area contributed by atoms with Crippen LogP contribution in [0.25, 0.3) is 16.7 Å². The average molecular weight is 551 g/mol. The van der Waals surface area contributed by atoms with Gasteiger partial charge in [-0.2, -0.15) is 5.10 Å². The number of hydrogen-bond donors (Lipinski definition) is 1. The third kappa shape index (κ3) is 4.52. The predicted octanol–water partition coefficient (Wildman–Crippen LogP) is 5.33. The van der Waals surface area contributed by atoms with E-state index in [1.807, 2.05) is 17.0 Å². The smallest absolute Gasteiger partial charge is 0.246 e. The van der Waals surface area contributed by atoms with E-state index in [-0.39, 0.29) is 23.6 Å². The van der Waals surface area contributed by atoms with Gasteiger partial charge in [-0.25, -0.2) is 28.8 Å². The summed E-state index contributed by atoms with van der Waals surface area (Å²) < 4.78 is 23.2. The number of amides is 1. The van der Waals surface area contributed by atoms with Crippen molar-refractivity contribution in [1.82, 2.24) is 34.4 Å². The van der Waals surface area contributed by atoms with E-state index >= 15 is 4.39 Å². The molecule has 1 N–H and O–H groups in total. The molecule has 1 aliphatic heterocycles. The molecule has 5 aromatic rings. The Morgan fingerprint density at radius 1 is 1.12 bits per heavy atom. The maximum atomic E-state index is 15.6. The Hall–Kier alpha value is -4.93. The third-order valence-corrected chi connectivity index (χ3v) is 8.12. The van der Waals surface area contributed by atoms with Crippen LogP contribution in [0, 0.1) is 18.7 Å². The number of fused-ring (bicyclic) bond motifs is 4. The van der Waals surface area contributed by atoms with E-state index in [1.165, 1.54) is 18.7 Å². The van der Waals surface area contributed by atoms with E-state index in [2.05, 4.69) is 31.9 Å². The summed E-state index contributed by atoms with van der Waals surface area (Å²) in [5.74, 6) is 1.54. The Labute approximate surface area is 234 Å². The molecule has 2 fully saturated rings. The summed E-state index contributed by atoms with van der Waals surface area (Å²) in [6, 6.07) is 10.9. The van der Waals surface area contributed by atoms with Gasteiger partial charge in [-0.3, -0.25) is 4.79 Å². The van der Waals surface area contributed by atoms with Gasteiger partial charge in [0.15, 0.2) is 17.3 Å². The number of hydrogen-bond acceptors (Lipinski definition) is 8. The molecular formula is C30H27FN8O2. The summed E-state index contributed by atoms with van der Waals surface area (Å²) in [6.07, 6.45) is 8.86. The highest BCUT2D eigenvalue weighted by atomic mass is 19.1. The number of carbonyl (C=O) groups is 1. The standard InChI is InChI=1S/C30H27FN8O2/c1-3-27(40)38-14-18-10-19(12-20(38)11-18)22-4-5-24-29(36-22)30(34-15-32-24)37-23-6-7-25(17(2)28(23)31)41-21-8-9-39-26(13-21)33-16-35-39/h3-9,13,15-16,18-20H,1,10-12,14H2,2H3,(H,32,34,37)/t18-,19+,20-/m1/s1. The topological polar surface area (TPSA) is 110 Å². The lowest BCUT2D eigenvalue weighted by molar-refractivity contribution is -0.126. The molecule has 5 heterocycles. The molecule has 0 unspecified atom stereocenters. The lowest BCUT2D eigenvalue weighted by atomic mass is 9.80. The minimum atomic E-state index is -0.454. The average Bonchev–Trinajstić information content (AvgIpc) is 3.59. The van der Waals surface area contributed by atoms with Crippen LogP contribution in [0.5, 0.6) is 11.5 Å². The first-order valence-corrected chi connectivity index (χ1v) is 13.5. The lowest BCUT2D eigenvalue weighted by Crippen LogP contribution is -2.34. The second kappa shape index (κ2) is 9.92. The monoisotopic (exact) mass is 550 g/mol. The molecule has 206 valence electrons. The fraction of sp³-hybridized carbons (Fsp3) is 0.267. The molecule has 2 aliphatic rings.